The van der Waals surface area contributed by atoms with Gasteiger partial charge in [0, 0.05) is 37.5 Å². The molecule has 2 aromatic heterocycles. The van der Waals surface area contributed by atoms with Crippen molar-refractivity contribution < 1.29 is 43.2 Å². The number of nitrogens with zero attached hydrogens (tertiary/aromatic N) is 7. The molecule has 0 saturated carbocycles. The number of likely N-dealkylation sites (N-methyl/N-ethyl adjacent to an activating group) is 1. The van der Waals surface area contributed by atoms with Gasteiger partial charge in [0.25, 0.3) is 0 Å². The summed E-state index contributed by atoms with van der Waals surface area (Å²) in [5, 5.41) is 32.2. The monoisotopic (exact) mass is 833 g/mol. The lowest BCUT2D eigenvalue weighted by molar-refractivity contribution is -0.278. The van der Waals surface area contributed by atoms with E-state index in [1.54, 1.807) is 29.6 Å². The number of Topliss-reactive ketones (excluding diaryl/α,β-unsaturated/α-hetero) is 1. The molecule has 0 bridgehead atoms. The van der Waals surface area contributed by atoms with E-state index < -0.39 is 71.8 Å². The number of nitrogens with one attached hydrogen (secondary N) is 1. The average molecular weight is 834 g/mol. The molecule has 324 valence electrons. The number of nitrogen functional groups attached to an aromatic ring is 1. The molecule has 0 aromatic carbocycles. The van der Waals surface area contributed by atoms with Gasteiger partial charge in [-0.2, -0.15) is 0 Å². The number of fused-ring (bicyclic) bond motifs is 1. The SMILES string of the molecule is CC[C@H]1OC(=O)[C@H](C)C(=O)[C@H](C)[C@@H](O[C@@H]2OC(C)CC(N(C)C)C2O)[C@@H](CC=O)C[C@@H](C)CN[C@H](C)[C@H]2N(CCCCn3cc(-c4nnc(N)s4)nn3)C(=O)O[C@]12C. The van der Waals surface area contributed by atoms with Gasteiger partial charge < -0.3 is 44.8 Å². The number of aromatic nitrogens is 5. The molecule has 58 heavy (non-hydrogen) atoms. The molecule has 13 atom stereocenters. The number of unbranched alkanes of at least 4 members (excludes halogenated alkanes) is 1. The predicted molar refractivity (Wildman–Crippen MR) is 214 cm³/mol. The van der Waals surface area contributed by atoms with Gasteiger partial charge in [-0.3, -0.25) is 19.2 Å². The topological polar surface area (TPSA) is 226 Å². The first-order chi connectivity index (χ1) is 27.5. The van der Waals surface area contributed by atoms with Crippen LogP contribution in [0.3, 0.4) is 0 Å². The summed E-state index contributed by atoms with van der Waals surface area (Å²) in [7, 11) is 3.76. The third kappa shape index (κ3) is 10.2. The summed E-state index contributed by atoms with van der Waals surface area (Å²) in [6, 6.07) is -1.11. The number of ether oxygens (including phenoxy) is 4. The minimum atomic E-state index is -1.25. The molecule has 2 aromatic rings. The summed E-state index contributed by atoms with van der Waals surface area (Å²) in [6.07, 6.45) is 0.869. The number of esters is 1. The van der Waals surface area contributed by atoms with Gasteiger partial charge >= 0.3 is 12.1 Å². The Kier molecular flexibility index (Phi) is 15.4. The van der Waals surface area contributed by atoms with E-state index in [1.807, 2.05) is 39.8 Å². The first kappa shape index (κ1) is 45.5. The van der Waals surface area contributed by atoms with Crippen molar-refractivity contribution in [1.82, 2.24) is 40.3 Å². The summed E-state index contributed by atoms with van der Waals surface area (Å²) in [6.45, 7) is 14.2. The normalized spacial score (nSPS) is 35.6. The van der Waals surface area contributed by atoms with Gasteiger partial charge in [-0.05, 0) is 92.3 Å². The number of nitrogens with two attached hydrogens (primary N) is 1. The molecule has 0 spiro atoms. The summed E-state index contributed by atoms with van der Waals surface area (Å²) in [5.74, 6) is -3.69. The van der Waals surface area contributed by atoms with Crippen LogP contribution in [-0.2, 0) is 39.9 Å². The van der Waals surface area contributed by atoms with Crippen molar-refractivity contribution in [2.24, 2.45) is 23.7 Å². The van der Waals surface area contributed by atoms with Crippen molar-refractivity contribution in [3.05, 3.63) is 6.20 Å². The predicted octanol–water partition coefficient (Wildman–Crippen LogP) is 2.94. The Morgan fingerprint density at radius 2 is 1.83 bits per heavy atom. The maximum absolute atomic E-state index is 14.3. The van der Waals surface area contributed by atoms with Gasteiger partial charge in [0.2, 0.25) is 5.13 Å². The second-order valence-electron chi connectivity index (χ2n) is 16.8. The van der Waals surface area contributed by atoms with E-state index in [0.717, 1.165) is 6.29 Å². The van der Waals surface area contributed by atoms with E-state index in [2.05, 4.69) is 32.7 Å². The maximum atomic E-state index is 14.3. The van der Waals surface area contributed by atoms with Crippen molar-refractivity contribution >= 4 is 40.6 Å². The summed E-state index contributed by atoms with van der Waals surface area (Å²) in [4.78, 5) is 57.8. The Bertz CT molecular complexity index is 1710. The van der Waals surface area contributed by atoms with Gasteiger partial charge in [0.15, 0.2) is 22.7 Å². The Hall–Kier alpha value is -3.62. The van der Waals surface area contributed by atoms with E-state index in [1.165, 1.54) is 18.3 Å². The number of aldehydes is 1. The molecule has 4 N–H and O–H groups in total. The van der Waals surface area contributed by atoms with E-state index in [0.29, 0.717) is 67.6 Å². The minimum absolute atomic E-state index is 0.0178. The Morgan fingerprint density at radius 1 is 1.10 bits per heavy atom. The fourth-order valence-corrected chi connectivity index (χ4v) is 9.50. The molecule has 5 heterocycles. The maximum Gasteiger partial charge on any atom is 0.410 e. The molecule has 3 aliphatic heterocycles. The number of anilines is 1. The van der Waals surface area contributed by atoms with Crippen LogP contribution in [0.5, 0.6) is 0 Å². The Labute approximate surface area is 344 Å². The highest BCUT2D eigenvalue weighted by molar-refractivity contribution is 7.18. The summed E-state index contributed by atoms with van der Waals surface area (Å²) < 4.78 is 26.8. The lowest BCUT2D eigenvalue weighted by Gasteiger charge is -2.44. The van der Waals surface area contributed by atoms with Crippen molar-refractivity contribution in [3.63, 3.8) is 0 Å². The smallest absolute Gasteiger partial charge is 0.410 e. The number of rotatable bonds is 12. The molecule has 0 aliphatic carbocycles. The van der Waals surface area contributed by atoms with Crippen LogP contribution in [0, 0.1) is 23.7 Å². The molecular formula is C39H63N9O9S. The van der Waals surface area contributed by atoms with Crippen molar-refractivity contribution in [2.75, 3.05) is 32.9 Å². The number of carbonyl (C=O) groups excluding carboxylic acids is 4. The molecule has 3 fully saturated rings. The van der Waals surface area contributed by atoms with Gasteiger partial charge in [-0.25, -0.2) is 4.79 Å². The molecule has 3 saturated heterocycles. The van der Waals surface area contributed by atoms with Crippen molar-refractivity contribution in [3.8, 4) is 10.7 Å². The number of ketones is 1. The first-order valence-corrected chi connectivity index (χ1v) is 21.4. The van der Waals surface area contributed by atoms with Crippen LogP contribution in [0.1, 0.15) is 87.0 Å². The second-order valence-corrected chi connectivity index (χ2v) is 17.8. The van der Waals surface area contributed by atoms with Crippen LogP contribution < -0.4 is 11.1 Å². The number of aliphatic hydroxyl groups is 1. The zero-order valence-corrected chi connectivity index (χ0v) is 36.1. The average Bonchev–Trinajstić information content (AvgIpc) is 3.90. The molecule has 1 amide bonds. The number of cyclic esters (lactones) is 1. The number of hydrogen-bond donors (Lipinski definition) is 3. The third-order valence-corrected chi connectivity index (χ3v) is 12.9. The van der Waals surface area contributed by atoms with Crippen LogP contribution >= 0.6 is 11.3 Å². The standard InChI is InChI=1S/C39H63N9O9S/c1-10-29-39(7)33(48(38(53)57-39)15-12-11-14-47-20-27(42-45-47)34-43-44-37(40)58-34)25(6)41-19-21(2)17-26(13-16-49)32(23(4)30(50)24(5)35(52)55-29)56-36-31(51)28(46(8)9)18-22(3)54-36/h16,20-26,28-29,31-33,36,41,51H,10-15,17-19H2,1-9H3,(H2,40,44)/t21-,22?,23+,24-,25-,26+,28?,29-,31?,32-,33-,36+,39-/m1/s1. The summed E-state index contributed by atoms with van der Waals surface area (Å²) >= 11 is 1.23. The number of aliphatic hydroxyl groups excluding tert-OH is 1. The molecule has 0 radical (unpaired) electrons. The van der Waals surface area contributed by atoms with E-state index in [4.69, 9.17) is 24.7 Å². The van der Waals surface area contributed by atoms with Crippen LogP contribution in [0.4, 0.5) is 9.93 Å². The van der Waals surface area contributed by atoms with E-state index >= 15 is 0 Å². The second kappa shape index (κ2) is 19.6. The Morgan fingerprint density at radius 3 is 2.48 bits per heavy atom. The lowest BCUT2D eigenvalue weighted by atomic mass is 9.79. The van der Waals surface area contributed by atoms with Crippen molar-refractivity contribution in [1.29, 1.82) is 0 Å². The third-order valence-electron chi connectivity index (χ3n) is 12.1. The highest BCUT2D eigenvalue weighted by Crippen LogP contribution is 2.39. The molecule has 19 heteroatoms. The molecular weight excluding hydrogens is 771 g/mol. The quantitative estimate of drug-likeness (QED) is 0.121. The largest absolute Gasteiger partial charge is 0.458 e. The zero-order valence-electron chi connectivity index (χ0n) is 35.3. The van der Waals surface area contributed by atoms with Crippen molar-refractivity contribution in [2.45, 2.75) is 148 Å². The van der Waals surface area contributed by atoms with Gasteiger partial charge in [0.05, 0.1) is 24.4 Å². The van der Waals surface area contributed by atoms with Crippen LogP contribution in [0.2, 0.25) is 0 Å². The van der Waals surface area contributed by atoms with E-state index in [9.17, 15) is 24.3 Å². The first-order valence-electron chi connectivity index (χ1n) is 20.5. The van der Waals surface area contributed by atoms with Gasteiger partial charge in [-0.15, -0.1) is 15.3 Å². The molecule has 18 nitrogen and oxygen atoms in total. The van der Waals surface area contributed by atoms with Gasteiger partial charge in [-0.1, -0.05) is 37.3 Å². The summed E-state index contributed by atoms with van der Waals surface area (Å²) in [5.41, 5.74) is 5.04. The zero-order chi connectivity index (χ0) is 42.5. The number of carbonyl (C=O) groups is 4. The molecule has 3 aliphatic rings. The van der Waals surface area contributed by atoms with Crippen LogP contribution in [-0.4, -0.2) is 146 Å². The van der Waals surface area contributed by atoms with Crippen LogP contribution in [0.25, 0.3) is 10.7 Å². The molecule has 5 rings (SSSR count). The lowest BCUT2D eigenvalue weighted by Crippen LogP contribution is -2.60. The van der Waals surface area contributed by atoms with E-state index in [-0.39, 0.29) is 30.5 Å². The number of hydrogen-bond acceptors (Lipinski definition) is 17. The van der Waals surface area contributed by atoms with Crippen LogP contribution in [0.15, 0.2) is 6.20 Å². The highest BCUT2D eigenvalue weighted by atomic mass is 32.1. The number of aryl methyl sites for hydroxylation is 1. The molecule has 3 unspecified atom stereocenters. The fourth-order valence-electron chi connectivity index (χ4n) is 8.94. The van der Waals surface area contributed by atoms with Gasteiger partial charge in [0.1, 0.15) is 30.1 Å². The minimum Gasteiger partial charge on any atom is -0.458 e. The number of amides is 1. The Balaban J connectivity index is 1.37. The fraction of sp³-hybridized carbons (Fsp3) is 0.795. The highest BCUT2D eigenvalue weighted by Gasteiger charge is 2.58.